The third kappa shape index (κ3) is 3.54. The molecule has 0 saturated heterocycles. The molecule has 9 heteroatoms. The summed E-state index contributed by atoms with van der Waals surface area (Å²) in [4.78, 5) is -0.850. The zero-order chi connectivity index (χ0) is 13.6. The van der Waals surface area contributed by atoms with Crippen LogP contribution in [-0.4, -0.2) is 55.5 Å². The van der Waals surface area contributed by atoms with Gasteiger partial charge in [0.05, 0.1) is 4.90 Å². The van der Waals surface area contributed by atoms with Crippen LogP contribution in [0.15, 0.2) is 46.2 Å². The van der Waals surface area contributed by atoms with E-state index >= 15 is 0 Å². The van der Waals surface area contributed by atoms with E-state index in [9.17, 15) is 16.8 Å². The number of fused-ring (bicyclic) bond motifs is 1. The molecule has 0 heterocycles. The normalized spacial score (nSPS) is 12.1. The zero-order valence-corrected chi connectivity index (χ0v) is 13.4. The van der Waals surface area contributed by atoms with Crippen LogP contribution in [0.1, 0.15) is 0 Å². The van der Waals surface area contributed by atoms with Gasteiger partial charge >= 0.3 is 0 Å². The average molecular weight is 311 g/mol. The van der Waals surface area contributed by atoms with Crippen LogP contribution in [0.3, 0.4) is 0 Å². The van der Waals surface area contributed by atoms with Gasteiger partial charge in [-0.15, -0.1) is 0 Å². The summed E-state index contributed by atoms with van der Waals surface area (Å²) in [5, 5.41) is 0.452. The van der Waals surface area contributed by atoms with E-state index in [2.05, 4.69) is 0 Å². The molecule has 0 aliphatic heterocycles. The first kappa shape index (κ1) is 16.6. The molecule has 0 fully saturated rings. The van der Waals surface area contributed by atoms with E-state index in [-0.39, 0.29) is 34.9 Å². The van der Waals surface area contributed by atoms with Gasteiger partial charge in [0.2, 0.25) is 0 Å². The maximum atomic E-state index is 11.2. The smallest absolute Gasteiger partial charge is 0.282 e. The fraction of sp³-hybridized carbons (Fsp3) is 0. The largest absolute Gasteiger partial charge is 0.295 e. The van der Waals surface area contributed by atoms with Crippen LogP contribution in [0.5, 0.6) is 0 Å². The quantitative estimate of drug-likeness (QED) is 0.631. The minimum Gasteiger partial charge on any atom is -0.282 e. The predicted molar refractivity (Wildman–Crippen MR) is 69.3 cm³/mol. The molecule has 0 aliphatic rings. The average Bonchev–Trinajstić information content (AvgIpc) is 2.25. The van der Waals surface area contributed by atoms with Crippen molar-refractivity contribution in [3.8, 4) is 0 Å². The van der Waals surface area contributed by atoms with Crippen molar-refractivity contribution in [1.82, 2.24) is 0 Å². The fourth-order valence-electron chi connectivity index (χ4n) is 1.61. The third-order valence-corrected chi connectivity index (χ3v) is 4.15. The Kier molecular flexibility index (Phi) is 4.79. The Morgan fingerprint density at radius 1 is 0.842 bits per heavy atom. The first-order valence-corrected chi connectivity index (χ1v) is 7.55. The first-order chi connectivity index (χ1) is 8.19. The van der Waals surface area contributed by atoms with Crippen LogP contribution in [-0.2, 0) is 20.2 Å². The van der Waals surface area contributed by atoms with Gasteiger partial charge in [0.15, 0.2) is 0 Å². The monoisotopic (exact) mass is 311 g/mol. The molecule has 2 rings (SSSR count). The van der Waals surface area contributed by atoms with Gasteiger partial charge in [0.25, 0.3) is 20.2 Å². The number of rotatable bonds is 2. The van der Waals surface area contributed by atoms with Gasteiger partial charge in [0, 0.05) is 34.9 Å². The molecule has 97 valence electrons. The van der Waals surface area contributed by atoms with Gasteiger partial charge < -0.3 is 0 Å². The fourth-order valence-corrected chi connectivity index (χ4v) is 2.82. The summed E-state index contributed by atoms with van der Waals surface area (Å²) in [6, 6.07) is 7.59. The topological polar surface area (TPSA) is 109 Å². The van der Waals surface area contributed by atoms with Gasteiger partial charge in [-0.1, -0.05) is 18.2 Å². The minimum absolute atomic E-state index is 0. The third-order valence-electron chi connectivity index (χ3n) is 2.39. The maximum absolute atomic E-state index is 11.2. The molecule has 19 heavy (non-hydrogen) atoms. The first-order valence-electron chi connectivity index (χ1n) is 4.67. The Bertz CT molecular complexity index is 826. The molecule has 0 amide bonds. The van der Waals surface area contributed by atoms with E-state index in [0.29, 0.717) is 5.39 Å². The van der Waals surface area contributed by atoms with E-state index in [1.807, 2.05) is 0 Å². The van der Waals surface area contributed by atoms with E-state index in [0.717, 1.165) is 18.2 Å². The molecule has 0 saturated carbocycles. The van der Waals surface area contributed by atoms with Gasteiger partial charge in [-0.25, -0.2) is 0 Å². The minimum atomic E-state index is -4.47. The van der Waals surface area contributed by atoms with Crippen LogP contribution >= 0.6 is 0 Å². The Balaban J connectivity index is 0.00000180. The van der Waals surface area contributed by atoms with Crippen molar-refractivity contribution >= 4 is 60.6 Å². The molecular formula is C10H8NaO6S2. The zero-order valence-electron chi connectivity index (χ0n) is 9.81. The molecule has 1 radical (unpaired) electrons. The van der Waals surface area contributed by atoms with Gasteiger partial charge in [-0.05, 0) is 23.6 Å². The molecule has 2 aromatic carbocycles. The van der Waals surface area contributed by atoms with Crippen molar-refractivity contribution in [2.45, 2.75) is 9.79 Å². The second-order valence-corrected chi connectivity index (χ2v) is 6.40. The molecular weight excluding hydrogens is 303 g/mol. The SMILES string of the molecule is O=S(=O)(O)c1ccc2cccc(S(=O)(=O)O)c2c1.[Na]. The van der Waals surface area contributed by atoms with Crippen LogP contribution < -0.4 is 0 Å². The van der Waals surface area contributed by atoms with E-state index in [1.165, 1.54) is 12.1 Å². The van der Waals surface area contributed by atoms with Crippen molar-refractivity contribution < 1.29 is 25.9 Å². The summed E-state index contributed by atoms with van der Waals surface area (Å²) in [5.74, 6) is 0. The van der Waals surface area contributed by atoms with Crippen LogP contribution in [0.4, 0.5) is 0 Å². The maximum Gasteiger partial charge on any atom is 0.295 e. The summed E-state index contributed by atoms with van der Waals surface area (Å²) in [7, 11) is -8.90. The van der Waals surface area contributed by atoms with Crippen molar-refractivity contribution in [3.63, 3.8) is 0 Å². The molecule has 0 spiro atoms. The summed E-state index contributed by atoms with van der Waals surface area (Å²) >= 11 is 0. The van der Waals surface area contributed by atoms with Gasteiger partial charge in [-0.3, -0.25) is 9.11 Å². The Labute approximate surface area is 132 Å². The molecule has 0 bridgehead atoms. The van der Waals surface area contributed by atoms with Gasteiger partial charge in [0.1, 0.15) is 4.90 Å². The van der Waals surface area contributed by atoms with E-state index in [1.54, 1.807) is 6.07 Å². The summed E-state index contributed by atoms with van der Waals surface area (Å²) < 4.78 is 62.2. The summed E-state index contributed by atoms with van der Waals surface area (Å²) in [6.07, 6.45) is 0. The van der Waals surface area contributed by atoms with Gasteiger partial charge in [-0.2, -0.15) is 16.8 Å². The number of benzene rings is 2. The Morgan fingerprint density at radius 3 is 2.00 bits per heavy atom. The van der Waals surface area contributed by atoms with Crippen LogP contribution in [0, 0.1) is 0 Å². The molecule has 2 N–H and O–H groups in total. The molecule has 6 nitrogen and oxygen atoms in total. The van der Waals surface area contributed by atoms with Crippen LogP contribution in [0.2, 0.25) is 0 Å². The van der Waals surface area contributed by atoms with E-state index < -0.39 is 30.0 Å². The molecule has 2 aromatic rings. The van der Waals surface area contributed by atoms with E-state index in [4.69, 9.17) is 9.11 Å². The number of hydrogen-bond donors (Lipinski definition) is 2. The standard InChI is InChI=1S/C10H8O6S2.Na/c11-17(12,13)8-5-4-7-2-1-3-10(9(7)6-8)18(14,15)16;/h1-6H,(H,11,12,13)(H,14,15,16);. The summed E-state index contributed by atoms with van der Waals surface area (Å²) in [6.45, 7) is 0. The second-order valence-electron chi connectivity index (χ2n) is 3.59. The Hall–Kier alpha value is -0.480. The van der Waals surface area contributed by atoms with Crippen molar-refractivity contribution in [3.05, 3.63) is 36.4 Å². The predicted octanol–water partition coefficient (Wildman–Crippen LogP) is 0.952. The Morgan fingerprint density at radius 2 is 1.47 bits per heavy atom. The number of hydrogen-bond acceptors (Lipinski definition) is 4. The van der Waals surface area contributed by atoms with Crippen molar-refractivity contribution in [2.24, 2.45) is 0 Å². The molecule has 0 aliphatic carbocycles. The summed E-state index contributed by atoms with van der Waals surface area (Å²) in [5.41, 5.74) is 0. The molecule has 0 atom stereocenters. The second kappa shape index (κ2) is 5.49. The molecule has 0 aromatic heterocycles. The van der Waals surface area contributed by atoms with Crippen LogP contribution in [0.25, 0.3) is 10.8 Å². The molecule has 0 unspecified atom stereocenters. The van der Waals surface area contributed by atoms with Crippen molar-refractivity contribution in [1.29, 1.82) is 0 Å². The van der Waals surface area contributed by atoms with Crippen molar-refractivity contribution in [2.75, 3.05) is 0 Å².